The number of ketones is 2. The van der Waals surface area contributed by atoms with Gasteiger partial charge in [0.2, 0.25) is 17.7 Å². The van der Waals surface area contributed by atoms with Gasteiger partial charge in [0.25, 0.3) is 0 Å². The van der Waals surface area contributed by atoms with Gasteiger partial charge < -0.3 is 50.1 Å². The van der Waals surface area contributed by atoms with Crippen LogP contribution in [0, 0.1) is 23.0 Å². The minimum absolute atomic E-state index is 0.00308. The van der Waals surface area contributed by atoms with Crippen LogP contribution in [0.1, 0.15) is 89.6 Å². The van der Waals surface area contributed by atoms with E-state index in [-0.39, 0.29) is 105 Å². The number of ether oxygens (including phenoxy) is 4. The summed E-state index contributed by atoms with van der Waals surface area (Å²) in [6.45, 7) is 8.97. The Balaban J connectivity index is 1.09. The van der Waals surface area contributed by atoms with Crippen LogP contribution in [0.3, 0.4) is 0 Å². The molecular weight excluding hydrogens is 1030 g/mol. The Kier molecular flexibility index (Phi) is 27.7. The van der Waals surface area contributed by atoms with Gasteiger partial charge >= 0.3 is 11.9 Å². The van der Waals surface area contributed by atoms with Gasteiger partial charge in [0, 0.05) is 75.9 Å². The summed E-state index contributed by atoms with van der Waals surface area (Å²) in [5.41, 5.74) is 12.0. The van der Waals surface area contributed by atoms with E-state index in [9.17, 15) is 43.1 Å². The first-order chi connectivity index (χ1) is 36.3. The van der Waals surface area contributed by atoms with Gasteiger partial charge in [-0.1, -0.05) is 51.1 Å². The molecule has 420 valence electrons. The van der Waals surface area contributed by atoms with Crippen LogP contribution in [0.15, 0.2) is 54.7 Å². The largest absolute Gasteiger partial charge is 0.481 e. The molecule has 1 fully saturated rings. The summed E-state index contributed by atoms with van der Waals surface area (Å²) in [7, 11) is 0. The number of carboxylic acid groups (broad SMARTS) is 2. The zero-order chi connectivity index (χ0) is 55.6. The predicted octanol–water partition coefficient (Wildman–Crippen LogP) is 5.39. The molecule has 2 aromatic carbocycles. The summed E-state index contributed by atoms with van der Waals surface area (Å²) in [5.74, 6) is -5.12. The van der Waals surface area contributed by atoms with Crippen LogP contribution in [0.25, 0.3) is 11.3 Å². The van der Waals surface area contributed by atoms with E-state index in [0.717, 1.165) is 40.4 Å². The molecule has 2 heterocycles. The number of nitrogens with two attached hydrogens (primary N) is 2. The topological polar surface area (TPSA) is 273 Å². The van der Waals surface area contributed by atoms with E-state index in [4.69, 9.17) is 40.5 Å². The molecule has 0 saturated carbocycles. The first-order valence-corrected chi connectivity index (χ1v) is 27.7. The average Bonchev–Trinajstić information content (AvgIpc) is 3.90. The lowest BCUT2D eigenvalue weighted by Crippen LogP contribution is -2.44. The Morgan fingerprint density at radius 1 is 0.855 bits per heavy atom. The van der Waals surface area contributed by atoms with E-state index >= 15 is 4.39 Å². The number of carboxylic acids is 2. The lowest BCUT2D eigenvalue weighted by atomic mass is 9.84. The van der Waals surface area contributed by atoms with Gasteiger partial charge in [-0.25, -0.2) is 13.8 Å². The summed E-state index contributed by atoms with van der Waals surface area (Å²) in [6, 6.07) is 11.0. The molecule has 4 atom stereocenters. The number of carbonyl (C=O) groups excluding carboxylic acids is 5. The van der Waals surface area contributed by atoms with Crippen molar-refractivity contribution in [2.24, 2.45) is 22.8 Å². The van der Waals surface area contributed by atoms with Crippen LogP contribution in [0.4, 0.5) is 8.78 Å². The third-order valence-electron chi connectivity index (χ3n) is 12.2. The molecule has 19 nitrogen and oxygen atoms in total. The second-order valence-corrected chi connectivity index (χ2v) is 21.6. The number of rotatable bonds is 39. The molecule has 3 amide bonds. The van der Waals surface area contributed by atoms with Crippen molar-refractivity contribution in [3.8, 4) is 11.3 Å². The lowest BCUT2D eigenvalue weighted by molar-refractivity contribution is -0.144. The first-order valence-electron chi connectivity index (χ1n) is 25.5. The van der Waals surface area contributed by atoms with E-state index in [2.05, 4.69) is 0 Å². The Hall–Kier alpha value is -5.14. The third kappa shape index (κ3) is 21.7. The molecule has 3 aromatic rings. The van der Waals surface area contributed by atoms with Gasteiger partial charge in [-0.3, -0.25) is 38.5 Å². The number of halogens is 2. The van der Waals surface area contributed by atoms with E-state index in [1.165, 1.54) is 11.8 Å². The van der Waals surface area contributed by atoms with Crippen molar-refractivity contribution >= 4 is 64.8 Å². The van der Waals surface area contributed by atoms with Crippen molar-refractivity contribution in [1.82, 2.24) is 19.4 Å². The molecule has 2 unspecified atom stereocenters. The monoisotopic (exact) mass is 1100 g/mol. The smallest absolute Gasteiger partial charge is 0.321 e. The maximum atomic E-state index is 15.1. The van der Waals surface area contributed by atoms with Crippen molar-refractivity contribution < 1.29 is 71.5 Å². The number of likely N-dealkylation sites (tertiary alicyclic amines) is 1. The van der Waals surface area contributed by atoms with Crippen molar-refractivity contribution in [2.45, 2.75) is 96.0 Å². The number of carbonyl (C=O) groups is 7. The van der Waals surface area contributed by atoms with Crippen LogP contribution >= 0.6 is 23.5 Å². The number of Topliss-reactive ketones (excluding diaryl/α,β-unsaturated/α-hetero) is 2. The van der Waals surface area contributed by atoms with E-state index in [1.54, 1.807) is 11.1 Å². The van der Waals surface area contributed by atoms with Gasteiger partial charge in [-0.2, -0.15) is 11.8 Å². The summed E-state index contributed by atoms with van der Waals surface area (Å²) >= 11 is 2.30. The molecule has 1 aliphatic rings. The fraction of sp³-hybridized carbons (Fsp3) is 0.585. The number of amides is 3. The lowest BCUT2D eigenvalue weighted by Gasteiger charge is -2.40. The van der Waals surface area contributed by atoms with Crippen LogP contribution in [-0.2, 0) is 59.1 Å². The number of aliphatic carboxylic acids is 2. The summed E-state index contributed by atoms with van der Waals surface area (Å²) in [5, 5.41) is 18.2. The Labute approximate surface area is 451 Å². The molecule has 23 heteroatoms. The van der Waals surface area contributed by atoms with E-state index in [0.29, 0.717) is 77.1 Å². The third-order valence-corrected chi connectivity index (χ3v) is 14.5. The van der Waals surface area contributed by atoms with Crippen LogP contribution < -0.4 is 11.5 Å². The number of nitrogens with zero attached hydrogens (tertiary/aromatic N) is 4. The van der Waals surface area contributed by atoms with Crippen molar-refractivity contribution in [2.75, 3.05) is 89.7 Å². The molecule has 0 bridgehead atoms. The highest BCUT2D eigenvalue weighted by atomic mass is 32.2. The molecule has 1 aromatic heterocycles. The van der Waals surface area contributed by atoms with Crippen LogP contribution in [0.2, 0.25) is 0 Å². The minimum atomic E-state index is -1.19. The predicted molar refractivity (Wildman–Crippen MR) is 283 cm³/mol. The average molecular weight is 1110 g/mol. The SMILES string of the molecule is CC(C)(C)[C@H](c1nc(-c2cc(F)ccc2F)cn1Cc1ccccc1)N(CCCN)C(=O)CSCCC(CC(=O)CCOCCOCCOCCOCCCC(=O)CCN1C(=O)CC(SC[C@H](N)C(=O)O)C1=O)C(=O)O. The van der Waals surface area contributed by atoms with Crippen molar-refractivity contribution in [3.05, 3.63) is 77.8 Å². The number of thioether (sulfide) groups is 2. The highest BCUT2D eigenvalue weighted by Gasteiger charge is 2.40. The van der Waals surface area contributed by atoms with Crippen LogP contribution in [-0.4, -0.2) is 172 Å². The number of hydrogen-bond donors (Lipinski definition) is 4. The molecule has 1 aliphatic heterocycles. The number of hydrogen-bond acceptors (Lipinski definition) is 16. The fourth-order valence-electron chi connectivity index (χ4n) is 8.18. The second-order valence-electron chi connectivity index (χ2n) is 19.3. The van der Waals surface area contributed by atoms with Crippen LogP contribution in [0.5, 0.6) is 0 Å². The maximum Gasteiger partial charge on any atom is 0.321 e. The normalized spacial score (nSPS) is 15.0. The number of imidazole rings is 1. The van der Waals surface area contributed by atoms with Gasteiger partial charge in [-0.15, -0.1) is 11.8 Å². The molecule has 1 saturated heterocycles. The van der Waals surface area contributed by atoms with Crippen molar-refractivity contribution in [3.63, 3.8) is 0 Å². The molecule has 4 rings (SSSR count). The zero-order valence-corrected chi connectivity index (χ0v) is 45.3. The zero-order valence-electron chi connectivity index (χ0n) is 43.7. The van der Waals surface area contributed by atoms with E-state index in [1.807, 2.05) is 55.7 Å². The molecule has 6 N–H and O–H groups in total. The Bertz CT molecular complexity index is 2360. The molecule has 76 heavy (non-hydrogen) atoms. The van der Waals surface area contributed by atoms with Gasteiger partial charge in [0.15, 0.2) is 0 Å². The quantitative estimate of drug-likeness (QED) is 0.0412. The first kappa shape index (κ1) is 63.4. The van der Waals surface area contributed by atoms with Gasteiger partial charge in [0.1, 0.15) is 35.1 Å². The maximum absolute atomic E-state index is 15.1. The number of imide groups is 1. The number of aromatic nitrogens is 2. The highest BCUT2D eigenvalue weighted by molar-refractivity contribution is 8.00. The van der Waals surface area contributed by atoms with E-state index < -0.39 is 64.1 Å². The molecule has 0 radical (unpaired) electrons. The summed E-state index contributed by atoms with van der Waals surface area (Å²) < 4.78 is 53.4. The Morgan fingerprint density at radius 3 is 2.14 bits per heavy atom. The highest BCUT2D eigenvalue weighted by Crippen LogP contribution is 2.40. The second kappa shape index (κ2) is 33.2. The summed E-state index contributed by atoms with van der Waals surface area (Å²) in [4.78, 5) is 94.9. The minimum Gasteiger partial charge on any atom is -0.481 e. The summed E-state index contributed by atoms with van der Waals surface area (Å²) in [6.07, 6.45) is 2.82. The van der Waals surface area contributed by atoms with Gasteiger partial charge in [0.05, 0.1) is 74.9 Å². The Morgan fingerprint density at radius 2 is 1.51 bits per heavy atom. The fourth-order valence-corrected chi connectivity index (χ4v) is 10.2. The number of benzene rings is 2. The molecular formula is C53H74F2N6O13S2. The standard InChI is InChI=1S/C53H74F2N6O13S2/c1-53(2,3)48(49-58-44(41-30-38(54)12-13-42(41)55)33-59(49)32-36-9-5-4-6-10-36)60(18-8-17-56)47(65)35-75-28-16-37(51(67)68)29-40(63)15-21-72-23-25-74-27-26-73-24-22-71-20-7-11-39(62)14-19-61-46(64)31-45(50(61)66)76-34-43(57)52(69)70/h4-6,9-10,12-13,30,33,37,43,45,48H,7-8,11,14-29,31-32,34-35,56-57H2,1-3H3,(H,67,68)(H,69,70)/t37?,43-,45?,48-/m0/s1. The molecule has 0 aliphatic carbocycles. The van der Waals surface area contributed by atoms with Crippen molar-refractivity contribution in [1.29, 1.82) is 0 Å². The van der Waals surface area contributed by atoms with Gasteiger partial charge in [-0.05, 0) is 60.7 Å². The molecule has 0 spiro atoms.